The number of aryl methyl sites for hydroxylation is 1. The lowest BCUT2D eigenvalue weighted by molar-refractivity contribution is -0.116. The fourth-order valence-corrected chi connectivity index (χ4v) is 1.65. The normalized spacial score (nSPS) is 10.3. The number of carbonyl (C=O) groups is 2. The van der Waals surface area contributed by atoms with Crippen LogP contribution in [0.1, 0.15) is 16.1 Å². The quantitative estimate of drug-likeness (QED) is 0.890. The Morgan fingerprint density at radius 1 is 1.40 bits per heavy atom. The monoisotopic (exact) mass is 277 g/mol. The molecule has 2 aromatic rings. The molecule has 2 N–H and O–H groups in total. The van der Waals surface area contributed by atoms with Gasteiger partial charge in [-0.1, -0.05) is 6.07 Å². The summed E-state index contributed by atoms with van der Waals surface area (Å²) in [5.74, 6) is -2.08. The average molecular weight is 277 g/mol. The number of aromatic carboxylic acids is 1. The lowest BCUT2D eigenvalue weighted by Crippen LogP contribution is -2.22. The lowest BCUT2D eigenvalue weighted by Gasteiger charge is -2.07. The highest BCUT2D eigenvalue weighted by molar-refractivity contribution is 5.91. The highest BCUT2D eigenvalue weighted by atomic mass is 19.1. The predicted molar refractivity (Wildman–Crippen MR) is 69.0 cm³/mol. The fraction of sp³-hybridized carbons (Fsp3) is 0.154. The van der Waals surface area contributed by atoms with Gasteiger partial charge in [0.05, 0.1) is 0 Å². The van der Waals surface area contributed by atoms with Crippen molar-refractivity contribution in [3.8, 4) is 0 Å². The molecule has 0 unspecified atom stereocenters. The molecule has 20 heavy (non-hydrogen) atoms. The van der Waals surface area contributed by atoms with Gasteiger partial charge in [-0.25, -0.2) is 13.9 Å². The summed E-state index contributed by atoms with van der Waals surface area (Å²) in [6, 6.07) is 5.61. The molecule has 7 heteroatoms. The highest BCUT2D eigenvalue weighted by Crippen LogP contribution is 2.13. The summed E-state index contributed by atoms with van der Waals surface area (Å²) in [6.45, 7) is 1.36. The van der Waals surface area contributed by atoms with Crippen LogP contribution in [-0.4, -0.2) is 26.8 Å². The first-order valence-corrected chi connectivity index (χ1v) is 5.78. The Kier molecular flexibility index (Phi) is 3.79. The molecule has 0 spiro atoms. The minimum absolute atomic E-state index is 0.0877. The maximum atomic E-state index is 13.3. The Morgan fingerprint density at radius 3 is 2.80 bits per heavy atom. The zero-order valence-electron chi connectivity index (χ0n) is 10.6. The molecule has 1 aromatic carbocycles. The number of nitrogens with zero attached hydrogens (tertiary/aromatic N) is 2. The third-order valence-electron chi connectivity index (χ3n) is 2.68. The zero-order chi connectivity index (χ0) is 14.7. The smallest absolute Gasteiger partial charge is 0.354 e. The van der Waals surface area contributed by atoms with Gasteiger partial charge in [0.25, 0.3) is 0 Å². The second kappa shape index (κ2) is 5.52. The van der Waals surface area contributed by atoms with E-state index in [0.29, 0.717) is 11.3 Å². The Hall–Kier alpha value is -2.70. The Labute approximate surface area is 113 Å². The molecule has 0 aliphatic heterocycles. The van der Waals surface area contributed by atoms with Gasteiger partial charge in [-0.15, -0.1) is 0 Å². The van der Waals surface area contributed by atoms with Gasteiger partial charge in [-0.05, 0) is 30.7 Å². The molecule has 0 saturated heterocycles. The number of anilines is 1. The van der Waals surface area contributed by atoms with Crippen LogP contribution in [0.3, 0.4) is 0 Å². The molecule has 1 heterocycles. The Bertz CT molecular complexity index is 667. The van der Waals surface area contributed by atoms with Crippen LogP contribution < -0.4 is 5.32 Å². The molecule has 0 fully saturated rings. The summed E-state index contributed by atoms with van der Waals surface area (Å²) >= 11 is 0. The van der Waals surface area contributed by atoms with Crippen LogP contribution in [0, 0.1) is 12.7 Å². The zero-order valence-corrected chi connectivity index (χ0v) is 10.6. The summed E-state index contributed by atoms with van der Waals surface area (Å²) < 4.78 is 14.4. The van der Waals surface area contributed by atoms with Crippen molar-refractivity contribution in [1.29, 1.82) is 0 Å². The minimum Gasteiger partial charge on any atom is -0.477 e. The topological polar surface area (TPSA) is 84.2 Å². The summed E-state index contributed by atoms with van der Waals surface area (Å²) in [5, 5.41) is 15.1. The van der Waals surface area contributed by atoms with Crippen LogP contribution in [0.15, 0.2) is 30.5 Å². The maximum Gasteiger partial charge on any atom is 0.354 e. The molecular formula is C13H12FN3O3. The number of nitrogens with one attached hydrogen (secondary N) is 1. The Balaban J connectivity index is 2.07. The number of carbonyl (C=O) groups excluding carboxylic acids is 1. The molecule has 1 amide bonds. The van der Waals surface area contributed by atoms with Gasteiger partial charge in [0, 0.05) is 11.9 Å². The van der Waals surface area contributed by atoms with Crippen molar-refractivity contribution >= 4 is 17.6 Å². The van der Waals surface area contributed by atoms with E-state index in [1.54, 1.807) is 19.1 Å². The third kappa shape index (κ3) is 3.00. The molecule has 0 atom stereocenters. The molecule has 0 radical (unpaired) electrons. The standard InChI is InChI=1S/C13H12FN3O3/c1-8-2-3-9(6-10(8)14)16-12(18)7-17-11(13(19)20)4-5-15-17/h2-6H,7H2,1H3,(H,16,18)(H,19,20). The average Bonchev–Trinajstić information content (AvgIpc) is 2.82. The van der Waals surface area contributed by atoms with Gasteiger partial charge in [-0.2, -0.15) is 5.10 Å². The molecule has 104 valence electrons. The van der Waals surface area contributed by atoms with Crippen molar-refractivity contribution in [2.24, 2.45) is 0 Å². The van der Waals surface area contributed by atoms with Crippen molar-refractivity contribution in [1.82, 2.24) is 9.78 Å². The number of hydrogen-bond donors (Lipinski definition) is 2. The number of amides is 1. The first-order valence-electron chi connectivity index (χ1n) is 5.78. The second-order valence-electron chi connectivity index (χ2n) is 4.19. The first-order chi connectivity index (χ1) is 9.47. The van der Waals surface area contributed by atoms with Crippen LogP contribution >= 0.6 is 0 Å². The summed E-state index contributed by atoms with van der Waals surface area (Å²) in [5.41, 5.74) is 0.695. The molecule has 6 nitrogen and oxygen atoms in total. The molecule has 0 aliphatic rings. The number of rotatable bonds is 4. The van der Waals surface area contributed by atoms with E-state index in [2.05, 4.69) is 10.4 Å². The molecule has 2 rings (SSSR count). The summed E-state index contributed by atoms with van der Waals surface area (Å²) in [4.78, 5) is 22.6. The van der Waals surface area contributed by atoms with Crippen LogP contribution in [0.25, 0.3) is 0 Å². The highest BCUT2D eigenvalue weighted by Gasteiger charge is 2.13. The molecule has 0 saturated carbocycles. The molecular weight excluding hydrogens is 265 g/mol. The van der Waals surface area contributed by atoms with Crippen molar-refractivity contribution in [2.45, 2.75) is 13.5 Å². The number of carboxylic acid groups (broad SMARTS) is 1. The SMILES string of the molecule is Cc1ccc(NC(=O)Cn2nccc2C(=O)O)cc1F. The van der Waals surface area contributed by atoms with Gasteiger partial charge in [-0.3, -0.25) is 4.79 Å². The lowest BCUT2D eigenvalue weighted by atomic mass is 10.2. The number of benzene rings is 1. The maximum absolute atomic E-state index is 13.3. The van der Waals surface area contributed by atoms with E-state index in [0.717, 1.165) is 4.68 Å². The number of hydrogen-bond acceptors (Lipinski definition) is 3. The number of halogens is 1. The van der Waals surface area contributed by atoms with E-state index in [9.17, 15) is 14.0 Å². The predicted octanol–water partition coefficient (Wildman–Crippen LogP) is 1.67. The molecule has 0 bridgehead atoms. The van der Waals surface area contributed by atoms with Gasteiger partial charge < -0.3 is 10.4 Å². The van der Waals surface area contributed by atoms with Gasteiger partial charge in [0.2, 0.25) is 5.91 Å². The van der Waals surface area contributed by atoms with Crippen molar-refractivity contribution in [3.05, 3.63) is 47.5 Å². The van der Waals surface area contributed by atoms with Gasteiger partial charge >= 0.3 is 5.97 Å². The summed E-state index contributed by atoms with van der Waals surface area (Å²) in [7, 11) is 0. The fourth-order valence-electron chi connectivity index (χ4n) is 1.65. The van der Waals surface area contributed by atoms with Gasteiger partial charge in [0.15, 0.2) is 0 Å². The molecule has 1 aromatic heterocycles. The van der Waals surface area contributed by atoms with Crippen LogP contribution in [0.5, 0.6) is 0 Å². The van der Waals surface area contributed by atoms with E-state index in [1.807, 2.05) is 0 Å². The largest absolute Gasteiger partial charge is 0.477 e. The molecule has 0 aliphatic carbocycles. The Morgan fingerprint density at radius 2 is 2.15 bits per heavy atom. The van der Waals surface area contributed by atoms with Crippen molar-refractivity contribution < 1.29 is 19.1 Å². The number of aromatic nitrogens is 2. The number of carboxylic acids is 1. The minimum atomic E-state index is -1.17. The van der Waals surface area contributed by atoms with Crippen molar-refractivity contribution in [2.75, 3.05) is 5.32 Å². The first kappa shape index (κ1) is 13.7. The van der Waals surface area contributed by atoms with Crippen LogP contribution in [0.2, 0.25) is 0 Å². The summed E-state index contributed by atoms with van der Waals surface area (Å²) in [6.07, 6.45) is 1.29. The van der Waals surface area contributed by atoms with E-state index < -0.39 is 17.7 Å². The van der Waals surface area contributed by atoms with E-state index in [1.165, 1.54) is 18.3 Å². The van der Waals surface area contributed by atoms with E-state index in [-0.39, 0.29) is 12.2 Å². The van der Waals surface area contributed by atoms with Crippen LogP contribution in [0.4, 0.5) is 10.1 Å². The second-order valence-corrected chi connectivity index (χ2v) is 4.19. The van der Waals surface area contributed by atoms with E-state index >= 15 is 0 Å². The van der Waals surface area contributed by atoms with Gasteiger partial charge in [0.1, 0.15) is 18.1 Å². The van der Waals surface area contributed by atoms with E-state index in [4.69, 9.17) is 5.11 Å². The third-order valence-corrected chi connectivity index (χ3v) is 2.68. The van der Waals surface area contributed by atoms with Crippen molar-refractivity contribution in [3.63, 3.8) is 0 Å². The van der Waals surface area contributed by atoms with Crippen LogP contribution in [-0.2, 0) is 11.3 Å².